The maximum absolute atomic E-state index is 12.7. The Balaban J connectivity index is 1.30. The van der Waals surface area contributed by atoms with Crippen LogP contribution in [0.25, 0.3) is 0 Å². The Morgan fingerprint density at radius 3 is 2.28 bits per heavy atom. The fourth-order valence-electron chi connectivity index (χ4n) is 4.66. The minimum Gasteiger partial charge on any atom is -0.492 e. The number of carbonyl (C=O) groups is 2. The largest absolute Gasteiger partial charge is 0.492 e. The van der Waals surface area contributed by atoms with Gasteiger partial charge in [-0.15, -0.1) is 0 Å². The van der Waals surface area contributed by atoms with Crippen LogP contribution >= 0.6 is 0 Å². The normalized spacial score (nSPS) is 21.3. The Morgan fingerprint density at radius 1 is 0.906 bits per heavy atom. The van der Waals surface area contributed by atoms with Gasteiger partial charge in [0.05, 0.1) is 12.5 Å². The van der Waals surface area contributed by atoms with Crippen molar-refractivity contribution in [3.05, 3.63) is 53.1 Å². The van der Waals surface area contributed by atoms with Gasteiger partial charge in [-0.2, -0.15) is 0 Å². The molecule has 2 amide bonds. The summed E-state index contributed by atoms with van der Waals surface area (Å²) in [5.41, 5.74) is 3.06. The SMILES string of the molecule is COC(=O)N1CCN(C(=O)Oc2ccc3c(c2)C2(COc4ccc(C)cc4C2)CO3)CC1. The minimum absolute atomic E-state index is 0.301. The Morgan fingerprint density at radius 2 is 1.56 bits per heavy atom. The van der Waals surface area contributed by atoms with Crippen molar-refractivity contribution in [3.8, 4) is 17.2 Å². The lowest BCUT2D eigenvalue weighted by atomic mass is 9.76. The highest BCUT2D eigenvalue weighted by atomic mass is 16.6. The van der Waals surface area contributed by atoms with Crippen LogP contribution in [0.2, 0.25) is 0 Å². The Labute approximate surface area is 186 Å². The van der Waals surface area contributed by atoms with Crippen LogP contribution in [0.5, 0.6) is 17.2 Å². The van der Waals surface area contributed by atoms with E-state index in [9.17, 15) is 9.59 Å². The number of benzene rings is 2. The van der Waals surface area contributed by atoms with Gasteiger partial charge < -0.3 is 28.7 Å². The first-order chi connectivity index (χ1) is 15.5. The molecule has 2 aromatic rings. The number of rotatable bonds is 1. The molecule has 8 heteroatoms. The average Bonchev–Trinajstić information content (AvgIpc) is 3.15. The fraction of sp³-hybridized carbons (Fsp3) is 0.417. The predicted molar refractivity (Wildman–Crippen MR) is 116 cm³/mol. The van der Waals surface area contributed by atoms with Crippen LogP contribution in [-0.2, 0) is 16.6 Å². The van der Waals surface area contributed by atoms with Crippen molar-refractivity contribution in [2.75, 3.05) is 46.5 Å². The predicted octanol–water partition coefficient (Wildman–Crippen LogP) is 3.14. The van der Waals surface area contributed by atoms with Crippen LogP contribution in [0, 0.1) is 6.92 Å². The number of methoxy groups -OCH3 is 1. The number of piperazine rings is 1. The summed E-state index contributed by atoms with van der Waals surface area (Å²) in [7, 11) is 1.35. The van der Waals surface area contributed by atoms with E-state index >= 15 is 0 Å². The summed E-state index contributed by atoms with van der Waals surface area (Å²) in [4.78, 5) is 27.5. The minimum atomic E-state index is -0.428. The number of carbonyl (C=O) groups excluding carboxylic acids is 2. The first-order valence-electron chi connectivity index (χ1n) is 10.8. The van der Waals surface area contributed by atoms with E-state index in [0.29, 0.717) is 45.1 Å². The van der Waals surface area contributed by atoms with Gasteiger partial charge in [0.15, 0.2) is 0 Å². The second-order valence-corrected chi connectivity index (χ2v) is 8.62. The molecule has 1 atom stereocenters. The molecule has 1 spiro atoms. The Kier molecular flexibility index (Phi) is 5.07. The molecule has 5 rings (SSSR count). The number of fused-ring (bicyclic) bond motifs is 3. The first kappa shape index (κ1) is 20.5. The molecular weight excluding hydrogens is 412 g/mol. The number of hydrogen-bond donors (Lipinski definition) is 0. The van der Waals surface area contributed by atoms with Gasteiger partial charge in [0.1, 0.15) is 30.5 Å². The molecule has 0 aliphatic carbocycles. The highest BCUT2D eigenvalue weighted by molar-refractivity contribution is 5.72. The third-order valence-corrected chi connectivity index (χ3v) is 6.45. The van der Waals surface area contributed by atoms with E-state index in [4.69, 9.17) is 18.9 Å². The van der Waals surface area contributed by atoms with Crippen molar-refractivity contribution in [2.24, 2.45) is 0 Å². The van der Waals surface area contributed by atoms with Crippen molar-refractivity contribution < 1.29 is 28.5 Å². The lowest BCUT2D eigenvalue weighted by molar-refractivity contribution is 0.0868. The first-order valence-corrected chi connectivity index (χ1v) is 10.8. The Bertz CT molecular complexity index is 1060. The quantitative estimate of drug-likeness (QED) is 0.681. The molecule has 3 heterocycles. The van der Waals surface area contributed by atoms with Crippen molar-refractivity contribution in [1.29, 1.82) is 0 Å². The smallest absolute Gasteiger partial charge is 0.415 e. The molecule has 2 aromatic carbocycles. The number of ether oxygens (including phenoxy) is 4. The monoisotopic (exact) mass is 438 g/mol. The van der Waals surface area contributed by atoms with Gasteiger partial charge in [0.2, 0.25) is 0 Å². The zero-order valence-electron chi connectivity index (χ0n) is 18.3. The van der Waals surface area contributed by atoms with Crippen LogP contribution in [0.3, 0.4) is 0 Å². The van der Waals surface area contributed by atoms with E-state index in [0.717, 1.165) is 23.5 Å². The van der Waals surface area contributed by atoms with E-state index in [-0.39, 0.29) is 11.5 Å². The highest BCUT2D eigenvalue weighted by Crippen LogP contribution is 2.46. The van der Waals surface area contributed by atoms with Gasteiger partial charge in [-0.1, -0.05) is 17.7 Å². The lowest BCUT2D eigenvalue weighted by Gasteiger charge is -2.34. The van der Waals surface area contributed by atoms with Gasteiger partial charge in [0.25, 0.3) is 0 Å². The number of aryl methyl sites for hydroxylation is 1. The molecule has 168 valence electrons. The number of amides is 2. The second-order valence-electron chi connectivity index (χ2n) is 8.62. The van der Waals surface area contributed by atoms with Crippen LogP contribution in [-0.4, -0.2) is 68.5 Å². The van der Waals surface area contributed by atoms with Crippen molar-refractivity contribution in [3.63, 3.8) is 0 Å². The van der Waals surface area contributed by atoms with Gasteiger partial charge in [-0.3, -0.25) is 0 Å². The molecule has 0 radical (unpaired) electrons. The Hall–Kier alpha value is -3.42. The molecule has 1 unspecified atom stereocenters. The van der Waals surface area contributed by atoms with Gasteiger partial charge in [-0.05, 0) is 43.2 Å². The van der Waals surface area contributed by atoms with Crippen LogP contribution in [0.1, 0.15) is 16.7 Å². The molecule has 0 bridgehead atoms. The molecule has 0 aromatic heterocycles. The average molecular weight is 438 g/mol. The summed E-state index contributed by atoms with van der Waals surface area (Å²) < 4.78 is 22.5. The van der Waals surface area contributed by atoms with E-state index < -0.39 is 6.09 Å². The van der Waals surface area contributed by atoms with Crippen molar-refractivity contribution in [2.45, 2.75) is 18.8 Å². The summed E-state index contributed by atoms with van der Waals surface area (Å²) in [6, 6.07) is 11.7. The summed E-state index contributed by atoms with van der Waals surface area (Å²) in [5, 5.41) is 0. The highest BCUT2D eigenvalue weighted by Gasteiger charge is 2.45. The van der Waals surface area contributed by atoms with Gasteiger partial charge in [-0.25, -0.2) is 9.59 Å². The topological polar surface area (TPSA) is 77.5 Å². The maximum atomic E-state index is 12.7. The van der Waals surface area contributed by atoms with E-state index in [1.165, 1.54) is 18.2 Å². The van der Waals surface area contributed by atoms with Crippen LogP contribution in [0.4, 0.5) is 9.59 Å². The summed E-state index contributed by atoms with van der Waals surface area (Å²) >= 11 is 0. The van der Waals surface area contributed by atoms with Crippen LogP contribution < -0.4 is 14.2 Å². The summed E-state index contributed by atoms with van der Waals surface area (Å²) in [6.07, 6.45) is 0.000816. The zero-order valence-corrected chi connectivity index (χ0v) is 18.3. The van der Waals surface area contributed by atoms with E-state index in [1.807, 2.05) is 18.2 Å². The molecule has 1 saturated heterocycles. The molecule has 3 aliphatic heterocycles. The maximum Gasteiger partial charge on any atom is 0.415 e. The lowest BCUT2D eigenvalue weighted by Crippen LogP contribution is -2.51. The van der Waals surface area contributed by atoms with Gasteiger partial charge in [0, 0.05) is 31.7 Å². The standard InChI is InChI=1S/C24H26N2O6/c1-16-3-5-20-17(11-16)13-24(14-30-20)15-31-21-6-4-18(12-19(21)24)32-23(28)26-9-7-25(8-10-26)22(27)29-2/h3-6,11-12H,7-10,13-15H2,1-2H3. The van der Waals surface area contributed by atoms with Crippen molar-refractivity contribution in [1.82, 2.24) is 9.80 Å². The molecule has 0 saturated carbocycles. The summed E-state index contributed by atoms with van der Waals surface area (Å²) in [5.74, 6) is 2.20. The third kappa shape index (κ3) is 3.59. The zero-order chi connectivity index (χ0) is 22.3. The van der Waals surface area contributed by atoms with Crippen LogP contribution in [0.15, 0.2) is 36.4 Å². The van der Waals surface area contributed by atoms with E-state index in [1.54, 1.807) is 15.9 Å². The summed E-state index contributed by atoms with van der Waals surface area (Å²) in [6.45, 7) is 4.75. The third-order valence-electron chi connectivity index (χ3n) is 6.45. The molecule has 32 heavy (non-hydrogen) atoms. The molecule has 3 aliphatic rings. The number of nitrogens with zero attached hydrogens (tertiary/aromatic N) is 2. The second kappa shape index (κ2) is 7.93. The fourth-order valence-corrected chi connectivity index (χ4v) is 4.66. The van der Waals surface area contributed by atoms with Crippen molar-refractivity contribution >= 4 is 12.2 Å². The van der Waals surface area contributed by atoms with E-state index in [2.05, 4.69) is 19.1 Å². The molecule has 0 N–H and O–H groups in total. The molecule has 1 fully saturated rings. The molecule has 8 nitrogen and oxygen atoms in total. The molecular formula is C24H26N2O6. The number of hydrogen-bond acceptors (Lipinski definition) is 6. The van der Waals surface area contributed by atoms with Gasteiger partial charge >= 0.3 is 12.2 Å².